The van der Waals surface area contributed by atoms with Crippen LogP contribution in [0.3, 0.4) is 0 Å². The van der Waals surface area contributed by atoms with Crippen LogP contribution in [0.15, 0.2) is 30.3 Å². The number of aryl methyl sites for hydroxylation is 1. The van der Waals surface area contributed by atoms with E-state index in [9.17, 15) is 0 Å². The third-order valence-electron chi connectivity index (χ3n) is 4.20. The molecular formula is C18H26N2. The molecule has 2 unspecified atom stereocenters. The highest BCUT2D eigenvalue weighted by Crippen LogP contribution is 2.28. The molecule has 1 aromatic heterocycles. The number of unbranched alkanes of at least 4 members (excludes halogenated alkanes) is 1. The monoisotopic (exact) mass is 270 g/mol. The average molecular weight is 270 g/mol. The third-order valence-corrected chi connectivity index (χ3v) is 4.20. The quantitative estimate of drug-likeness (QED) is 0.822. The number of fused-ring (bicyclic) bond motifs is 1. The summed E-state index contributed by atoms with van der Waals surface area (Å²) in [4.78, 5) is 4.55. The van der Waals surface area contributed by atoms with Crippen LogP contribution in [0.1, 0.15) is 56.8 Å². The van der Waals surface area contributed by atoms with E-state index in [1.54, 1.807) is 0 Å². The van der Waals surface area contributed by atoms with E-state index in [1.807, 2.05) is 6.92 Å². The molecule has 0 aliphatic heterocycles. The van der Waals surface area contributed by atoms with E-state index in [2.05, 4.69) is 49.2 Å². The minimum absolute atomic E-state index is 0.136. The van der Waals surface area contributed by atoms with Crippen molar-refractivity contribution < 1.29 is 0 Å². The molecule has 1 aromatic carbocycles. The van der Waals surface area contributed by atoms with Gasteiger partial charge >= 0.3 is 0 Å². The predicted molar refractivity (Wildman–Crippen MR) is 86.7 cm³/mol. The zero-order valence-corrected chi connectivity index (χ0v) is 12.9. The lowest BCUT2D eigenvalue weighted by molar-refractivity contribution is 0.378. The van der Waals surface area contributed by atoms with Crippen LogP contribution in [0.4, 0.5) is 0 Å². The molecule has 0 spiro atoms. The lowest BCUT2D eigenvalue weighted by Gasteiger charge is -2.23. The molecule has 2 nitrogen and oxygen atoms in total. The van der Waals surface area contributed by atoms with Crippen LogP contribution < -0.4 is 5.73 Å². The van der Waals surface area contributed by atoms with Crippen molar-refractivity contribution in [3.8, 4) is 0 Å². The summed E-state index contributed by atoms with van der Waals surface area (Å²) < 4.78 is 0. The van der Waals surface area contributed by atoms with Crippen LogP contribution in [-0.2, 0) is 0 Å². The minimum atomic E-state index is 0.136. The molecule has 0 radical (unpaired) electrons. The first kappa shape index (κ1) is 15.0. The van der Waals surface area contributed by atoms with Gasteiger partial charge in [-0.25, -0.2) is 0 Å². The maximum atomic E-state index is 6.49. The van der Waals surface area contributed by atoms with E-state index < -0.39 is 0 Å². The second-order valence-electron chi connectivity index (χ2n) is 5.74. The van der Waals surface area contributed by atoms with Gasteiger partial charge < -0.3 is 5.73 Å². The van der Waals surface area contributed by atoms with Gasteiger partial charge in [0.15, 0.2) is 0 Å². The summed E-state index contributed by atoms with van der Waals surface area (Å²) in [5.74, 6) is 0.575. The lowest BCUT2D eigenvalue weighted by atomic mass is 9.87. The Balaban J connectivity index is 2.24. The Morgan fingerprint density at radius 1 is 1.15 bits per heavy atom. The first-order valence-corrected chi connectivity index (χ1v) is 7.78. The molecule has 2 atom stereocenters. The summed E-state index contributed by atoms with van der Waals surface area (Å²) in [6, 6.07) is 10.8. The van der Waals surface area contributed by atoms with Crippen LogP contribution in [0, 0.1) is 12.8 Å². The Morgan fingerprint density at radius 2 is 1.95 bits per heavy atom. The van der Waals surface area contributed by atoms with Crippen molar-refractivity contribution in [1.82, 2.24) is 4.98 Å². The Hall–Kier alpha value is -1.41. The van der Waals surface area contributed by atoms with Gasteiger partial charge in [0.2, 0.25) is 0 Å². The summed E-state index contributed by atoms with van der Waals surface area (Å²) in [7, 11) is 0. The molecule has 0 aliphatic rings. The summed E-state index contributed by atoms with van der Waals surface area (Å²) in [6.07, 6.45) is 4.87. The maximum absolute atomic E-state index is 6.49. The van der Waals surface area contributed by atoms with Crippen LogP contribution in [-0.4, -0.2) is 4.98 Å². The molecule has 0 fully saturated rings. The van der Waals surface area contributed by atoms with Crippen LogP contribution in [0.25, 0.3) is 10.9 Å². The number of pyridine rings is 1. The van der Waals surface area contributed by atoms with Gasteiger partial charge in [0.1, 0.15) is 0 Å². The van der Waals surface area contributed by atoms with E-state index in [0.717, 1.165) is 17.6 Å². The second kappa shape index (κ2) is 6.85. The smallest absolute Gasteiger partial charge is 0.0705 e. The van der Waals surface area contributed by atoms with E-state index in [1.165, 1.54) is 30.2 Å². The zero-order chi connectivity index (χ0) is 14.5. The molecular weight excluding hydrogens is 244 g/mol. The van der Waals surface area contributed by atoms with Gasteiger partial charge in [-0.3, -0.25) is 4.98 Å². The normalized spacial score (nSPS) is 14.4. The highest BCUT2D eigenvalue weighted by atomic mass is 14.7. The number of hydrogen-bond donors (Lipinski definition) is 1. The summed E-state index contributed by atoms with van der Waals surface area (Å²) in [6.45, 7) is 6.51. The molecule has 2 aromatic rings. The van der Waals surface area contributed by atoms with Gasteiger partial charge in [0.05, 0.1) is 5.52 Å². The van der Waals surface area contributed by atoms with E-state index in [4.69, 9.17) is 5.73 Å². The zero-order valence-electron chi connectivity index (χ0n) is 12.9. The van der Waals surface area contributed by atoms with Gasteiger partial charge in [0, 0.05) is 17.1 Å². The lowest BCUT2D eigenvalue weighted by Crippen LogP contribution is -2.21. The molecule has 1 heterocycles. The maximum Gasteiger partial charge on any atom is 0.0705 e. The fourth-order valence-corrected chi connectivity index (χ4v) is 2.83. The second-order valence-corrected chi connectivity index (χ2v) is 5.74. The van der Waals surface area contributed by atoms with E-state index >= 15 is 0 Å². The fourth-order valence-electron chi connectivity index (χ4n) is 2.83. The van der Waals surface area contributed by atoms with Gasteiger partial charge in [-0.05, 0) is 43.0 Å². The number of aromatic nitrogens is 1. The molecule has 0 aliphatic carbocycles. The fraction of sp³-hybridized carbons (Fsp3) is 0.500. The van der Waals surface area contributed by atoms with Crippen molar-refractivity contribution in [2.24, 2.45) is 11.7 Å². The predicted octanol–water partition coefficient (Wildman–Crippen LogP) is 4.76. The molecule has 0 saturated carbocycles. The van der Waals surface area contributed by atoms with Crippen LogP contribution in [0.2, 0.25) is 0 Å². The molecule has 20 heavy (non-hydrogen) atoms. The summed E-state index contributed by atoms with van der Waals surface area (Å²) in [5, 5.41) is 1.19. The number of nitrogens with zero attached hydrogens (tertiary/aromatic N) is 1. The van der Waals surface area contributed by atoms with Crippen molar-refractivity contribution in [1.29, 1.82) is 0 Å². The first-order chi connectivity index (χ1) is 9.65. The Kier molecular flexibility index (Phi) is 5.13. The largest absolute Gasteiger partial charge is 0.324 e. The summed E-state index contributed by atoms with van der Waals surface area (Å²) in [5.41, 5.74) is 9.85. The van der Waals surface area contributed by atoms with Gasteiger partial charge in [0.25, 0.3) is 0 Å². The van der Waals surface area contributed by atoms with Gasteiger partial charge in [-0.2, -0.15) is 0 Å². The van der Waals surface area contributed by atoms with Gasteiger partial charge in [-0.15, -0.1) is 0 Å². The molecule has 0 saturated heterocycles. The van der Waals surface area contributed by atoms with E-state index in [-0.39, 0.29) is 6.04 Å². The Bertz CT molecular complexity index is 562. The molecule has 2 heteroatoms. The van der Waals surface area contributed by atoms with Crippen molar-refractivity contribution in [2.45, 2.75) is 52.5 Å². The topological polar surface area (TPSA) is 38.9 Å². The number of benzene rings is 1. The molecule has 2 rings (SSSR count). The summed E-state index contributed by atoms with van der Waals surface area (Å²) >= 11 is 0. The Labute approximate surface area is 122 Å². The third kappa shape index (κ3) is 3.37. The SMILES string of the molecule is CCCCC(CC)C(N)c1ccc2nc(C)ccc2c1. The van der Waals surface area contributed by atoms with Crippen molar-refractivity contribution in [2.75, 3.05) is 0 Å². The number of nitrogens with two attached hydrogens (primary N) is 1. The van der Waals surface area contributed by atoms with Crippen LogP contribution >= 0.6 is 0 Å². The highest BCUT2D eigenvalue weighted by Gasteiger charge is 2.17. The minimum Gasteiger partial charge on any atom is -0.324 e. The van der Waals surface area contributed by atoms with Crippen molar-refractivity contribution in [3.05, 3.63) is 41.6 Å². The molecule has 2 N–H and O–H groups in total. The van der Waals surface area contributed by atoms with Crippen LogP contribution in [0.5, 0.6) is 0 Å². The van der Waals surface area contributed by atoms with Gasteiger partial charge in [-0.1, -0.05) is 45.2 Å². The van der Waals surface area contributed by atoms with Crippen molar-refractivity contribution >= 4 is 10.9 Å². The number of hydrogen-bond acceptors (Lipinski definition) is 2. The first-order valence-electron chi connectivity index (χ1n) is 7.78. The standard InChI is InChI=1S/C18H26N2/c1-4-6-7-14(5-2)18(19)16-10-11-17-15(12-16)9-8-13(3)20-17/h8-12,14,18H,4-7,19H2,1-3H3. The number of rotatable bonds is 6. The Morgan fingerprint density at radius 3 is 2.65 bits per heavy atom. The molecule has 0 bridgehead atoms. The highest BCUT2D eigenvalue weighted by molar-refractivity contribution is 5.79. The molecule has 0 amide bonds. The van der Waals surface area contributed by atoms with E-state index in [0.29, 0.717) is 5.92 Å². The molecule has 108 valence electrons. The van der Waals surface area contributed by atoms with Crippen molar-refractivity contribution in [3.63, 3.8) is 0 Å². The average Bonchev–Trinajstić information content (AvgIpc) is 2.47.